The average molecular weight is 1240 g/mol. The number of phenols is 1. The summed E-state index contributed by atoms with van der Waals surface area (Å²) >= 11 is 0. The van der Waals surface area contributed by atoms with Gasteiger partial charge in [0.1, 0.15) is 54.3 Å². The fourth-order valence-electron chi connectivity index (χ4n) is 13.3. The van der Waals surface area contributed by atoms with Gasteiger partial charge in [0.2, 0.25) is 5.79 Å². The Labute approximate surface area is 520 Å². The van der Waals surface area contributed by atoms with E-state index in [1.54, 1.807) is 34.1 Å². The van der Waals surface area contributed by atoms with Gasteiger partial charge in [-0.3, -0.25) is 24.1 Å². The van der Waals surface area contributed by atoms with E-state index < -0.39 is 89.8 Å². The SMILES string of the molecule is C=CC[C@@H]1/C=C(\C)C[C@H](C)C[C@H](OC)[C@H]2O[C@@](O)(C(=O)C(=O)N3CCCC[C@H]3C(=O)O[C@H](/C(C)=C/[C@@H]3CC[C@@H](O)[C@H](OC)C3)[C@H](C)[C@@H](O)CC1=O)[C@H](C)C[C@@H]2OC.COc1c(C)c2c(c(O)c1C/C=C(\C)CCC(=O)OCCN1CCOCC1)C(=O)OC2. The molecule has 1 saturated carbocycles. The maximum atomic E-state index is 14.3. The largest absolute Gasteiger partial charge is 0.507 e. The van der Waals surface area contributed by atoms with Crippen molar-refractivity contribution >= 4 is 35.4 Å². The molecule has 5 heterocycles. The monoisotopic (exact) mass is 1240 g/mol. The van der Waals surface area contributed by atoms with E-state index in [1.165, 1.54) is 19.1 Å². The molecule has 7 rings (SSSR count). The number of ketones is 2. The van der Waals surface area contributed by atoms with E-state index in [0.29, 0.717) is 99.7 Å². The Bertz CT molecular complexity index is 2680. The Balaban J connectivity index is 0.000000334. The molecule has 1 aliphatic carbocycles. The van der Waals surface area contributed by atoms with E-state index in [-0.39, 0.29) is 73.4 Å². The first-order valence-corrected chi connectivity index (χ1v) is 31.5. The van der Waals surface area contributed by atoms with Crippen LogP contribution in [0.25, 0.3) is 0 Å². The van der Waals surface area contributed by atoms with Crippen LogP contribution in [0, 0.1) is 36.5 Å². The van der Waals surface area contributed by atoms with Crippen molar-refractivity contribution in [1.82, 2.24) is 9.80 Å². The molecule has 0 unspecified atom stereocenters. The summed E-state index contributed by atoms with van der Waals surface area (Å²) in [5.74, 6) is -8.03. The minimum absolute atomic E-state index is 0.00988. The van der Waals surface area contributed by atoms with Gasteiger partial charge in [-0.2, -0.15) is 0 Å². The van der Waals surface area contributed by atoms with Gasteiger partial charge in [0, 0.05) is 89.2 Å². The number of fused-ring (bicyclic) bond motifs is 4. The van der Waals surface area contributed by atoms with Gasteiger partial charge < -0.3 is 68.0 Å². The van der Waals surface area contributed by atoms with Crippen molar-refractivity contribution in [1.29, 1.82) is 0 Å². The number of hydrogen-bond donors (Lipinski definition) is 4. The van der Waals surface area contributed by atoms with Crippen molar-refractivity contribution in [2.45, 2.75) is 200 Å². The van der Waals surface area contributed by atoms with E-state index in [2.05, 4.69) is 11.5 Å². The summed E-state index contributed by atoms with van der Waals surface area (Å²) in [5, 5.41) is 44.8. The third-order valence-electron chi connectivity index (χ3n) is 18.7. The van der Waals surface area contributed by atoms with Crippen LogP contribution in [0.4, 0.5) is 0 Å². The molecule has 1 aromatic rings. The number of morpholine rings is 1. The summed E-state index contributed by atoms with van der Waals surface area (Å²) in [5.41, 5.74) is 4.84. The topological polar surface area (TPSA) is 273 Å². The van der Waals surface area contributed by atoms with Gasteiger partial charge in [-0.05, 0) is 128 Å². The molecule has 0 radical (unpaired) electrons. The molecule has 4 fully saturated rings. The minimum atomic E-state index is -2.51. The standard InChI is InChI=1S/C44H69NO12.C23H31NO7/c1-10-13-31-19-25(2)18-26(3)20-37(54-8)40-38(55-9)22-28(5)44(52,57-40)41(49)42(50)45-17-12-11-14-32(45)43(51)56-39(29(6)34(47)24-35(31)48)27(4)21-30-15-16-33(46)36(23-30)53-7;1-15(5-7-19(25)30-13-10-24-8-11-29-12-9-24)4-6-17-21(26)20-18(14-31-23(20)27)16(2)22(17)28-3/h10,19,21,26,28-34,36-40,46-47,52H,1,11-18,20,22-24H2,2-9H3;4,26H,5-14H2,1-3H3/b25-19+,27-21+;15-4+/t26-,28+,29+,30-,31+,32-,33+,34-,36+,37-,38-,39+,40+,44+;/m0./s1. The second kappa shape index (κ2) is 33.6. The van der Waals surface area contributed by atoms with Crippen molar-refractivity contribution in [2.75, 3.05) is 74.4 Å². The summed E-state index contributed by atoms with van der Waals surface area (Å²) in [4.78, 5) is 84.1. The van der Waals surface area contributed by atoms with Crippen molar-refractivity contribution < 1.29 is 91.8 Å². The summed E-state index contributed by atoms with van der Waals surface area (Å²) in [7, 11) is 6.15. The quantitative estimate of drug-likeness (QED) is 0.0553. The lowest BCUT2D eigenvalue weighted by Crippen LogP contribution is -2.64. The molecule has 492 valence electrons. The zero-order valence-electron chi connectivity index (χ0n) is 53.9. The normalized spacial score (nSPS) is 32.4. The lowest BCUT2D eigenvalue weighted by atomic mass is 9.81. The molecule has 4 N–H and O–H groups in total. The van der Waals surface area contributed by atoms with Crippen LogP contribution in [0.2, 0.25) is 0 Å². The molecular weight excluding hydrogens is 1140 g/mol. The van der Waals surface area contributed by atoms with Gasteiger partial charge in [0.05, 0.1) is 50.8 Å². The van der Waals surface area contributed by atoms with E-state index in [9.17, 15) is 49.2 Å². The minimum Gasteiger partial charge on any atom is -0.507 e. The summed E-state index contributed by atoms with van der Waals surface area (Å²) in [6.07, 6.45) is 8.11. The number of rotatable bonds is 16. The summed E-state index contributed by atoms with van der Waals surface area (Å²) < 4.78 is 51.0. The fraction of sp³-hybridized carbons (Fsp3) is 0.701. The number of esters is 3. The number of aromatic hydroxyl groups is 1. The third kappa shape index (κ3) is 18.2. The van der Waals surface area contributed by atoms with Crippen LogP contribution in [-0.4, -0.2) is 195 Å². The summed E-state index contributed by atoms with van der Waals surface area (Å²) in [6, 6.07) is -1.14. The van der Waals surface area contributed by atoms with Crippen LogP contribution in [0.1, 0.15) is 152 Å². The highest BCUT2D eigenvalue weighted by Crippen LogP contribution is 2.43. The molecule has 2 bridgehead atoms. The number of carbonyl (C=O) groups is 6. The zero-order valence-corrected chi connectivity index (χ0v) is 53.9. The maximum absolute atomic E-state index is 14.3. The Morgan fingerprint density at radius 3 is 2.23 bits per heavy atom. The molecule has 3 saturated heterocycles. The molecular formula is C67H100N2O19. The Kier molecular flexibility index (Phi) is 27.4. The predicted molar refractivity (Wildman–Crippen MR) is 326 cm³/mol. The van der Waals surface area contributed by atoms with Crippen LogP contribution in [-0.2, 0) is 74.9 Å². The predicted octanol–water partition coefficient (Wildman–Crippen LogP) is 7.16. The van der Waals surface area contributed by atoms with Crippen molar-refractivity contribution in [2.24, 2.45) is 29.6 Å². The number of aliphatic hydroxyl groups is 3. The highest BCUT2D eigenvalue weighted by atomic mass is 16.7. The molecule has 1 amide bonds. The van der Waals surface area contributed by atoms with Crippen LogP contribution in [0.3, 0.4) is 0 Å². The lowest BCUT2D eigenvalue weighted by Gasteiger charge is -2.47. The van der Waals surface area contributed by atoms with E-state index in [4.69, 9.17) is 42.6 Å². The highest BCUT2D eigenvalue weighted by molar-refractivity contribution is 6.39. The molecule has 5 aliphatic heterocycles. The zero-order chi connectivity index (χ0) is 64.6. The first kappa shape index (κ1) is 71.7. The Hall–Kier alpha value is -5.36. The molecule has 88 heavy (non-hydrogen) atoms. The van der Waals surface area contributed by atoms with E-state index >= 15 is 0 Å². The molecule has 1 aromatic carbocycles. The van der Waals surface area contributed by atoms with Gasteiger partial charge in [0.15, 0.2) is 0 Å². The van der Waals surface area contributed by atoms with Crippen molar-refractivity contribution in [3.05, 3.63) is 69.9 Å². The molecule has 14 atom stereocenters. The summed E-state index contributed by atoms with van der Waals surface area (Å²) in [6.45, 7) is 21.4. The highest BCUT2D eigenvalue weighted by Gasteiger charge is 2.57. The smallest absolute Gasteiger partial charge is 0.342 e. The van der Waals surface area contributed by atoms with E-state index in [0.717, 1.165) is 49.6 Å². The third-order valence-corrected chi connectivity index (χ3v) is 18.7. The number of Topliss-reactive ketones (excluding diaryl/α,β-unsaturated/α-hetero) is 2. The Morgan fingerprint density at radius 2 is 1.56 bits per heavy atom. The number of carbonyl (C=O) groups excluding carboxylic acids is 6. The van der Waals surface area contributed by atoms with Crippen LogP contribution >= 0.6 is 0 Å². The fourth-order valence-corrected chi connectivity index (χ4v) is 13.3. The van der Waals surface area contributed by atoms with Crippen molar-refractivity contribution in [3.8, 4) is 11.5 Å². The Morgan fingerprint density at radius 1 is 0.864 bits per heavy atom. The second-order valence-corrected chi connectivity index (χ2v) is 25.1. The van der Waals surface area contributed by atoms with Gasteiger partial charge in [-0.1, -0.05) is 56.2 Å². The van der Waals surface area contributed by atoms with Crippen LogP contribution < -0.4 is 4.74 Å². The molecule has 21 nitrogen and oxygen atoms in total. The number of methoxy groups -OCH3 is 4. The number of benzene rings is 1. The average Bonchev–Trinajstić information content (AvgIpc) is 1.67. The number of amides is 1. The molecule has 0 spiro atoms. The number of hydrogen-bond acceptors (Lipinski definition) is 20. The first-order valence-electron chi connectivity index (χ1n) is 31.5. The number of phenolic OH excluding ortho intramolecular Hbond substituents is 1. The van der Waals surface area contributed by atoms with Gasteiger partial charge in [-0.15, -0.1) is 6.58 Å². The number of aliphatic hydroxyl groups excluding tert-OH is 2. The molecule has 0 aromatic heterocycles. The van der Waals surface area contributed by atoms with Gasteiger partial charge >= 0.3 is 17.9 Å². The van der Waals surface area contributed by atoms with Crippen LogP contribution in [0.5, 0.6) is 11.5 Å². The van der Waals surface area contributed by atoms with Gasteiger partial charge in [0.25, 0.3) is 11.7 Å². The number of piperidine rings is 1. The van der Waals surface area contributed by atoms with Crippen LogP contribution in [0.15, 0.2) is 47.6 Å². The number of ether oxygens (including phenoxy) is 9. The van der Waals surface area contributed by atoms with Gasteiger partial charge in [-0.25, -0.2) is 9.59 Å². The lowest BCUT2D eigenvalue weighted by molar-refractivity contribution is -0.302. The number of nitrogens with zero attached hydrogens (tertiary/aromatic N) is 2. The number of allylic oxidation sites excluding steroid dienone is 6. The number of cyclic esters (lactones) is 2. The first-order chi connectivity index (χ1) is 41.9. The molecule has 21 heteroatoms. The maximum Gasteiger partial charge on any atom is 0.342 e. The molecule has 6 aliphatic rings. The van der Waals surface area contributed by atoms with Crippen molar-refractivity contribution in [3.63, 3.8) is 0 Å². The second-order valence-electron chi connectivity index (χ2n) is 25.1. The van der Waals surface area contributed by atoms with E-state index in [1.807, 2.05) is 52.8 Å².